The zero-order valence-electron chi connectivity index (χ0n) is 17.7. The molecule has 1 aromatic carbocycles. The largest absolute Gasteiger partial charge is 0.338 e. The number of carbonyl (C=O) groups excluding carboxylic acids is 1. The van der Waals surface area contributed by atoms with Gasteiger partial charge in [-0.25, -0.2) is 9.38 Å². The molecule has 1 saturated heterocycles. The number of piperazine rings is 1. The molecule has 0 radical (unpaired) electrons. The van der Waals surface area contributed by atoms with Crippen LogP contribution in [-0.4, -0.2) is 56.1 Å². The first-order chi connectivity index (χ1) is 15.6. The number of aromatic nitrogens is 4. The fraction of sp³-hybridized carbons (Fsp3) is 0.391. The molecule has 1 saturated carbocycles. The Hall–Kier alpha value is -2.71. The Balaban J connectivity index is 1.44. The number of nitrogens with zero attached hydrogens (tertiary/aromatic N) is 6. The second-order valence-electron chi connectivity index (χ2n) is 8.69. The van der Waals surface area contributed by atoms with Crippen LogP contribution in [0.3, 0.4) is 0 Å². The van der Waals surface area contributed by atoms with Gasteiger partial charge in [0.2, 0.25) is 11.9 Å². The van der Waals surface area contributed by atoms with Gasteiger partial charge in [-0.15, -0.1) is 21.5 Å². The van der Waals surface area contributed by atoms with Crippen molar-refractivity contribution in [2.75, 3.05) is 24.5 Å². The van der Waals surface area contributed by atoms with Crippen LogP contribution in [0.1, 0.15) is 26.2 Å². The molecule has 1 unspecified atom stereocenters. The lowest BCUT2D eigenvalue weighted by atomic mass is 9.84. The number of benzene rings is 1. The van der Waals surface area contributed by atoms with Crippen LogP contribution in [0.15, 0.2) is 35.7 Å². The number of anilines is 1. The standard InChI is InChI=1S/C23H23ClN6OS/c1-14-13-28(9-10-29(14)22(31)15-4-2-5-15)23-25-18-12-16(24)7-8-17(18)20-26-27-21(30(20)23)19-6-3-11-32-19/h3,6-8,11-12,14-15H,2,4-5,9-10,13H2,1H3. The summed E-state index contributed by atoms with van der Waals surface area (Å²) in [6, 6.07) is 9.87. The molecule has 7 nitrogen and oxygen atoms in total. The lowest BCUT2D eigenvalue weighted by Crippen LogP contribution is -2.56. The molecule has 0 N–H and O–H groups in total. The Morgan fingerprint density at radius 1 is 1.19 bits per heavy atom. The van der Waals surface area contributed by atoms with E-state index in [2.05, 4.69) is 37.4 Å². The zero-order valence-corrected chi connectivity index (χ0v) is 19.3. The third-order valence-electron chi connectivity index (χ3n) is 6.67. The van der Waals surface area contributed by atoms with Crippen LogP contribution in [0.25, 0.3) is 27.3 Å². The van der Waals surface area contributed by atoms with E-state index in [1.54, 1.807) is 11.3 Å². The molecule has 9 heteroatoms. The number of amides is 1. The predicted molar refractivity (Wildman–Crippen MR) is 127 cm³/mol. The molecule has 1 aliphatic carbocycles. The Kier molecular flexibility index (Phi) is 4.80. The van der Waals surface area contributed by atoms with Crippen LogP contribution in [0.5, 0.6) is 0 Å². The van der Waals surface area contributed by atoms with E-state index in [1.807, 2.05) is 29.6 Å². The average Bonchev–Trinajstić information content (AvgIpc) is 3.41. The minimum absolute atomic E-state index is 0.116. The highest BCUT2D eigenvalue weighted by atomic mass is 35.5. The summed E-state index contributed by atoms with van der Waals surface area (Å²) in [7, 11) is 0. The Morgan fingerprint density at radius 2 is 2.06 bits per heavy atom. The fourth-order valence-corrected chi connectivity index (χ4v) is 5.59. The highest BCUT2D eigenvalue weighted by Gasteiger charge is 2.35. The van der Waals surface area contributed by atoms with Crippen LogP contribution < -0.4 is 4.90 Å². The molecule has 0 bridgehead atoms. The van der Waals surface area contributed by atoms with Crippen LogP contribution >= 0.6 is 22.9 Å². The van der Waals surface area contributed by atoms with Gasteiger partial charge in [-0.2, -0.15) is 0 Å². The van der Waals surface area contributed by atoms with Crippen molar-refractivity contribution in [3.05, 3.63) is 40.7 Å². The number of hydrogen-bond donors (Lipinski definition) is 0. The number of rotatable bonds is 3. The minimum Gasteiger partial charge on any atom is -0.338 e. The third kappa shape index (κ3) is 3.16. The van der Waals surface area contributed by atoms with E-state index >= 15 is 0 Å². The summed E-state index contributed by atoms with van der Waals surface area (Å²) in [4.78, 5) is 23.3. The Labute approximate surface area is 194 Å². The fourth-order valence-electron chi connectivity index (χ4n) is 4.73. The Morgan fingerprint density at radius 3 is 2.78 bits per heavy atom. The summed E-state index contributed by atoms with van der Waals surface area (Å²) < 4.78 is 2.05. The monoisotopic (exact) mass is 466 g/mol. The normalized spacial score (nSPS) is 19.6. The molecule has 3 aromatic heterocycles. The van der Waals surface area contributed by atoms with Gasteiger partial charge in [0.1, 0.15) is 0 Å². The van der Waals surface area contributed by atoms with Crippen LogP contribution in [0.2, 0.25) is 5.02 Å². The SMILES string of the molecule is CC1CN(c2nc3cc(Cl)ccc3c3nnc(-c4cccs4)n23)CCN1C(=O)C1CCC1. The van der Waals surface area contributed by atoms with Gasteiger partial charge in [-0.3, -0.25) is 4.79 Å². The summed E-state index contributed by atoms with van der Waals surface area (Å²) in [6.07, 6.45) is 3.24. The van der Waals surface area contributed by atoms with Crippen LogP contribution in [0.4, 0.5) is 5.95 Å². The van der Waals surface area contributed by atoms with Gasteiger partial charge in [0.15, 0.2) is 11.5 Å². The molecular weight excluding hydrogens is 444 g/mol. The first-order valence-corrected chi connectivity index (χ1v) is 12.3. The quantitative estimate of drug-likeness (QED) is 0.445. The molecular formula is C23H23ClN6OS. The molecule has 1 amide bonds. The van der Waals surface area contributed by atoms with Crippen molar-refractivity contribution in [2.24, 2.45) is 5.92 Å². The molecule has 6 rings (SSSR count). The molecule has 32 heavy (non-hydrogen) atoms. The first-order valence-electron chi connectivity index (χ1n) is 11.0. The smallest absolute Gasteiger partial charge is 0.226 e. The van der Waals surface area contributed by atoms with Crippen LogP contribution in [-0.2, 0) is 4.79 Å². The van der Waals surface area contributed by atoms with Gasteiger partial charge in [-0.1, -0.05) is 24.1 Å². The van der Waals surface area contributed by atoms with Gasteiger partial charge in [0.25, 0.3) is 0 Å². The van der Waals surface area contributed by atoms with Crippen molar-refractivity contribution in [2.45, 2.75) is 32.2 Å². The molecule has 2 aliphatic rings. The summed E-state index contributed by atoms with van der Waals surface area (Å²) in [6.45, 7) is 4.27. The van der Waals surface area contributed by atoms with Gasteiger partial charge in [-0.05, 0) is 49.4 Å². The second kappa shape index (κ2) is 7.71. The van der Waals surface area contributed by atoms with Gasteiger partial charge in [0.05, 0.1) is 10.4 Å². The van der Waals surface area contributed by atoms with Gasteiger partial charge in [0, 0.05) is 42.0 Å². The lowest BCUT2D eigenvalue weighted by molar-refractivity contribution is -0.140. The van der Waals surface area contributed by atoms with Crippen molar-refractivity contribution in [3.8, 4) is 10.7 Å². The van der Waals surface area contributed by atoms with E-state index in [0.717, 1.165) is 52.6 Å². The van der Waals surface area contributed by atoms with E-state index in [9.17, 15) is 4.79 Å². The van der Waals surface area contributed by atoms with E-state index in [4.69, 9.17) is 16.6 Å². The average molecular weight is 467 g/mol. The summed E-state index contributed by atoms with van der Waals surface area (Å²) in [5, 5.41) is 12.7. The predicted octanol–water partition coefficient (Wildman–Crippen LogP) is 4.50. The van der Waals surface area contributed by atoms with E-state index in [1.165, 1.54) is 6.42 Å². The van der Waals surface area contributed by atoms with Crippen molar-refractivity contribution in [3.63, 3.8) is 0 Å². The number of fused-ring (bicyclic) bond motifs is 3. The molecule has 1 atom stereocenters. The van der Waals surface area contributed by atoms with Crippen molar-refractivity contribution < 1.29 is 4.79 Å². The summed E-state index contributed by atoms with van der Waals surface area (Å²) in [5.41, 5.74) is 1.57. The molecule has 1 aliphatic heterocycles. The molecule has 164 valence electrons. The maximum atomic E-state index is 12.9. The van der Waals surface area contributed by atoms with Crippen molar-refractivity contribution in [1.29, 1.82) is 0 Å². The number of carbonyl (C=O) groups is 1. The maximum Gasteiger partial charge on any atom is 0.226 e. The van der Waals surface area contributed by atoms with E-state index in [-0.39, 0.29) is 12.0 Å². The second-order valence-corrected chi connectivity index (χ2v) is 10.1. The number of hydrogen-bond acceptors (Lipinski definition) is 6. The summed E-state index contributed by atoms with van der Waals surface area (Å²) in [5.74, 6) is 2.12. The minimum atomic E-state index is 0.116. The number of thiophene rings is 1. The Bertz CT molecular complexity index is 1320. The number of halogens is 1. The van der Waals surface area contributed by atoms with Crippen molar-refractivity contribution in [1.82, 2.24) is 24.5 Å². The van der Waals surface area contributed by atoms with Crippen LogP contribution in [0, 0.1) is 5.92 Å². The third-order valence-corrected chi connectivity index (χ3v) is 7.77. The topological polar surface area (TPSA) is 66.6 Å². The summed E-state index contributed by atoms with van der Waals surface area (Å²) >= 11 is 7.91. The molecule has 4 aromatic rings. The van der Waals surface area contributed by atoms with Gasteiger partial charge >= 0.3 is 0 Å². The van der Waals surface area contributed by atoms with E-state index < -0.39 is 0 Å². The van der Waals surface area contributed by atoms with Gasteiger partial charge < -0.3 is 9.80 Å². The first kappa shape index (κ1) is 19.9. The zero-order chi connectivity index (χ0) is 21.8. The maximum absolute atomic E-state index is 12.9. The lowest BCUT2D eigenvalue weighted by Gasteiger charge is -2.43. The highest BCUT2D eigenvalue weighted by Crippen LogP contribution is 2.33. The van der Waals surface area contributed by atoms with E-state index in [0.29, 0.717) is 24.0 Å². The van der Waals surface area contributed by atoms with Crippen molar-refractivity contribution >= 4 is 51.3 Å². The molecule has 0 spiro atoms. The molecule has 4 heterocycles. The highest BCUT2D eigenvalue weighted by molar-refractivity contribution is 7.13. The molecule has 2 fully saturated rings.